The summed E-state index contributed by atoms with van der Waals surface area (Å²) >= 11 is 0. The molecule has 0 aliphatic heterocycles. The van der Waals surface area contributed by atoms with Gasteiger partial charge in [0, 0.05) is 35.2 Å². The Hall–Kier alpha value is -3.93. The van der Waals surface area contributed by atoms with E-state index in [9.17, 15) is 4.79 Å². The predicted octanol–water partition coefficient (Wildman–Crippen LogP) is 5.60. The van der Waals surface area contributed by atoms with E-state index in [0.717, 1.165) is 71.2 Å². The standard InChI is InChI=1S/C27H25N5O/c28-26-25-24(31-27(32(25)14-13-29-26)19-11-9-17(16-33)10-12-19)22-15-20-7-4-8-21(23(20)30-22)18-5-2-1-3-6-18/h1-8,13-17,19,30H,9-12H2,(H2,28,29). The van der Waals surface area contributed by atoms with Crippen LogP contribution in [0.5, 0.6) is 0 Å². The Morgan fingerprint density at radius 1 is 1.03 bits per heavy atom. The van der Waals surface area contributed by atoms with Crippen LogP contribution in [-0.4, -0.2) is 25.6 Å². The summed E-state index contributed by atoms with van der Waals surface area (Å²) in [6.45, 7) is 0. The molecule has 0 spiro atoms. The van der Waals surface area contributed by atoms with Gasteiger partial charge in [0.1, 0.15) is 29.1 Å². The molecule has 3 heterocycles. The molecule has 0 bridgehead atoms. The van der Waals surface area contributed by atoms with E-state index < -0.39 is 0 Å². The van der Waals surface area contributed by atoms with Gasteiger partial charge in [-0.05, 0) is 37.3 Å². The Balaban J connectivity index is 1.50. The summed E-state index contributed by atoms with van der Waals surface area (Å²) in [5, 5.41) is 1.13. The summed E-state index contributed by atoms with van der Waals surface area (Å²) in [6, 6.07) is 18.9. The molecule has 1 aliphatic rings. The van der Waals surface area contributed by atoms with Gasteiger partial charge in [0.05, 0.1) is 11.2 Å². The van der Waals surface area contributed by atoms with Gasteiger partial charge < -0.3 is 15.5 Å². The van der Waals surface area contributed by atoms with E-state index in [2.05, 4.69) is 62.9 Å². The Morgan fingerprint density at radius 2 is 1.85 bits per heavy atom. The zero-order valence-electron chi connectivity index (χ0n) is 18.2. The number of para-hydroxylation sites is 1. The number of nitrogens with two attached hydrogens (primary N) is 1. The third kappa shape index (κ3) is 3.30. The van der Waals surface area contributed by atoms with Crippen LogP contribution in [0, 0.1) is 5.92 Å². The first-order valence-corrected chi connectivity index (χ1v) is 11.5. The maximum Gasteiger partial charge on any atom is 0.150 e. The van der Waals surface area contributed by atoms with Crippen LogP contribution in [0.3, 0.4) is 0 Å². The molecule has 164 valence electrons. The number of benzene rings is 2. The lowest BCUT2D eigenvalue weighted by Gasteiger charge is -2.24. The number of fused-ring (bicyclic) bond motifs is 2. The minimum atomic E-state index is 0.170. The fraction of sp³-hybridized carbons (Fsp3) is 0.222. The molecule has 6 heteroatoms. The number of anilines is 1. The number of carbonyl (C=O) groups excluding carboxylic acids is 1. The first-order valence-electron chi connectivity index (χ1n) is 11.5. The first kappa shape index (κ1) is 19.7. The molecule has 1 fully saturated rings. The van der Waals surface area contributed by atoms with Crippen LogP contribution in [0.4, 0.5) is 5.82 Å². The lowest BCUT2D eigenvalue weighted by molar-refractivity contribution is -0.111. The van der Waals surface area contributed by atoms with Gasteiger partial charge in [-0.2, -0.15) is 0 Å². The fourth-order valence-corrected chi connectivity index (χ4v) is 5.22. The summed E-state index contributed by atoms with van der Waals surface area (Å²) in [4.78, 5) is 24.3. The van der Waals surface area contributed by atoms with E-state index in [4.69, 9.17) is 10.7 Å². The van der Waals surface area contributed by atoms with E-state index in [1.165, 1.54) is 5.56 Å². The third-order valence-electron chi connectivity index (χ3n) is 6.94. The van der Waals surface area contributed by atoms with Crippen molar-refractivity contribution in [3.05, 3.63) is 72.8 Å². The average molecular weight is 436 g/mol. The number of nitrogens with zero attached hydrogens (tertiary/aromatic N) is 3. The van der Waals surface area contributed by atoms with Gasteiger partial charge in [-0.15, -0.1) is 0 Å². The normalized spacial score (nSPS) is 18.7. The highest BCUT2D eigenvalue weighted by atomic mass is 16.1. The maximum absolute atomic E-state index is 11.2. The molecule has 0 atom stereocenters. The number of aromatic nitrogens is 4. The van der Waals surface area contributed by atoms with Crippen LogP contribution in [0.1, 0.15) is 37.4 Å². The molecule has 0 unspecified atom stereocenters. The fourth-order valence-electron chi connectivity index (χ4n) is 5.22. The highest BCUT2D eigenvalue weighted by molar-refractivity contribution is 5.98. The van der Waals surface area contributed by atoms with E-state index >= 15 is 0 Å². The van der Waals surface area contributed by atoms with Gasteiger partial charge >= 0.3 is 0 Å². The van der Waals surface area contributed by atoms with Crippen molar-refractivity contribution < 1.29 is 4.79 Å². The number of nitrogen functional groups attached to an aromatic ring is 1. The van der Waals surface area contributed by atoms with Crippen LogP contribution in [0.2, 0.25) is 0 Å². The van der Waals surface area contributed by atoms with Crippen molar-refractivity contribution in [3.63, 3.8) is 0 Å². The Labute approximate surface area is 191 Å². The van der Waals surface area contributed by atoms with E-state index in [0.29, 0.717) is 11.7 Å². The van der Waals surface area contributed by atoms with Crippen molar-refractivity contribution in [2.24, 2.45) is 5.92 Å². The number of aromatic amines is 1. The molecule has 3 aromatic heterocycles. The van der Waals surface area contributed by atoms with Gasteiger partial charge in [0.25, 0.3) is 0 Å². The molecular weight excluding hydrogens is 410 g/mol. The van der Waals surface area contributed by atoms with Crippen molar-refractivity contribution in [3.8, 4) is 22.5 Å². The van der Waals surface area contributed by atoms with E-state index in [1.807, 2.05) is 12.3 Å². The molecule has 33 heavy (non-hydrogen) atoms. The Morgan fingerprint density at radius 3 is 2.64 bits per heavy atom. The van der Waals surface area contributed by atoms with Crippen molar-refractivity contribution in [1.82, 2.24) is 19.4 Å². The summed E-state index contributed by atoms with van der Waals surface area (Å²) in [6.07, 6.45) is 8.50. The van der Waals surface area contributed by atoms with Crippen molar-refractivity contribution >= 4 is 28.5 Å². The zero-order valence-corrected chi connectivity index (χ0v) is 18.2. The first-order chi connectivity index (χ1) is 16.2. The number of hydrogen-bond donors (Lipinski definition) is 2. The molecule has 0 radical (unpaired) electrons. The van der Waals surface area contributed by atoms with Crippen LogP contribution in [-0.2, 0) is 4.79 Å². The summed E-state index contributed by atoms with van der Waals surface area (Å²) in [7, 11) is 0. The van der Waals surface area contributed by atoms with Crippen LogP contribution < -0.4 is 5.73 Å². The molecule has 0 saturated heterocycles. The molecule has 5 aromatic rings. The average Bonchev–Trinajstić information content (AvgIpc) is 3.47. The second kappa shape index (κ2) is 7.89. The minimum Gasteiger partial charge on any atom is -0.382 e. The number of rotatable bonds is 4. The largest absolute Gasteiger partial charge is 0.382 e. The van der Waals surface area contributed by atoms with Crippen molar-refractivity contribution in [2.75, 3.05) is 5.73 Å². The second-order valence-corrected chi connectivity index (χ2v) is 8.92. The number of hydrogen-bond acceptors (Lipinski definition) is 4. The van der Waals surface area contributed by atoms with Crippen LogP contribution >= 0.6 is 0 Å². The SMILES string of the molecule is Nc1nccn2c(C3CCC(C=O)CC3)nc(-c3cc4cccc(-c5ccccc5)c4[nH]3)c12. The molecule has 2 aromatic carbocycles. The predicted molar refractivity (Wildman–Crippen MR) is 131 cm³/mol. The molecular formula is C27H25N5O. The number of aldehydes is 1. The van der Waals surface area contributed by atoms with E-state index in [-0.39, 0.29) is 5.92 Å². The van der Waals surface area contributed by atoms with Gasteiger partial charge in [0.15, 0.2) is 0 Å². The second-order valence-electron chi connectivity index (χ2n) is 8.92. The van der Waals surface area contributed by atoms with Gasteiger partial charge in [-0.3, -0.25) is 4.40 Å². The number of imidazole rings is 1. The van der Waals surface area contributed by atoms with Gasteiger partial charge in [-0.1, -0.05) is 48.5 Å². The van der Waals surface area contributed by atoms with Crippen molar-refractivity contribution in [2.45, 2.75) is 31.6 Å². The molecule has 6 rings (SSSR count). The Kier molecular flexibility index (Phi) is 4.72. The third-order valence-corrected chi connectivity index (χ3v) is 6.94. The molecule has 1 saturated carbocycles. The smallest absolute Gasteiger partial charge is 0.150 e. The summed E-state index contributed by atoms with van der Waals surface area (Å²) in [5.74, 6) is 1.94. The Bertz CT molecular complexity index is 1460. The van der Waals surface area contributed by atoms with E-state index in [1.54, 1.807) is 6.20 Å². The molecule has 0 amide bonds. The van der Waals surface area contributed by atoms with Gasteiger partial charge in [0.2, 0.25) is 0 Å². The zero-order chi connectivity index (χ0) is 22.4. The summed E-state index contributed by atoms with van der Waals surface area (Å²) < 4.78 is 2.09. The number of carbonyl (C=O) groups is 1. The lowest BCUT2D eigenvalue weighted by Crippen LogP contribution is -2.16. The monoisotopic (exact) mass is 435 g/mol. The quantitative estimate of drug-likeness (QED) is 0.360. The number of H-pyrrole nitrogens is 1. The van der Waals surface area contributed by atoms with Crippen LogP contribution in [0.15, 0.2) is 67.0 Å². The van der Waals surface area contributed by atoms with Crippen molar-refractivity contribution in [1.29, 1.82) is 0 Å². The minimum absolute atomic E-state index is 0.170. The molecule has 6 nitrogen and oxygen atoms in total. The molecule has 3 N–H and O–H groups in total. The topological polar surface area (TPSA) is 89.1 Å². The van der Waals surface area contributed by atoms with Crippen LogP contribution in [0.25, 0.3) is 38.9 Å². The maximum atomic E-state index is 11.2. The van der Waals surface area contributed by atoms with Gasteiger partial charge in [-0.25, -0.2) is 9.97 Å². The lowest BCUT2D eigenvalue weighted by atomic mass is 9.82. The number of nitrogens with one attached hydrogen (secondary N) is 1. The highest BCUT2D eigenvalue weighted by Gasteiger charge is 2.27. The molecule has 1 aliphatic carbocycles. The highest BCUT2D eigenvalue weighted by Crippen LogP contribution is 2.39. The summed E-state index contributed by atoms with van der Waals surface area (Å²) in [5.41, 5.74) is 12.3.